The number of rotatable bonds is 2. The third-order valence-corrected chi connectivity index (χ3v) is 3.14. The number of thiol groups is 1. The molecule has 0 amide bonds. The highest BCUT2D eigenvalue weighted by Gasteiger charge is 2.09. The molecule has 0 aliphatic carbocycles. The molecule has 0 bridgehead atoms. The summed E-state index contributed by atoms with van der Waals surface area (Å²) in [5, 5.41) is 1.34. The smallest absolute Gasteiger partial charge is 0.0488 e. The molecule has 2 heteroatoms. The van der Waals surface area contributed by atoms with Gasteiger partial charge in [0.25, 0.3) is 0 Å². The number of benzene rings is 1. The van der Waals surface area contributed by atoms with Crippen LogP contribution in [0.5, 0.6) is 0 Å². The first-order valence-corrected chi connectivity index (χ1v) is 5.97. The first kappa shape index (κ1) is 10.6. The monoisotopic (exact) mass is 219 g/mol. The quantitative estimate of drug-likeness (QED) is 0.729. The van der Waals surface area contributed by atoms with Gasteiger partial charge in [0.2, 0.25) is 0 Å². The predicted octanol–water partition coefficient (Wildman–Crippen LogP) is 3.96. The van der Waals surface area contributed by atoms with Crippen molar-refractivity contribution in [2.24, 2.45) is 0 Å². The largest absolute Gasteiger partial charge is 0.345 e. The van der Waals surface area contributed by atoms with E-state index in [2.05, 4.69) is 62.4 Å². The number of aromatic nitrogens is 1. The molecular formula is C13H17NS. The Hall–Kier alpha value is -0.890. The Kier molecular flexibility index (Phi) is 2.79. The molecule has 0 atom stereocenters. The molecule has 0 aliphatic rings. The molecule has 0 saturated carbocycles. The Morgan fingerprint density at radius 2 is 2.07 bits per heavy atom. The molecule has 1 heterocycles. The van der Waals surface area contributed by atoms with Gasteiger partial charge >= 0.3 is 0 Å². The van der Waals surface area contributed by atoms with Crippen LogP contribution in [0, 0.1) is 6.92 Å². The third kappa shape index (κ3) is 1.78. The molecule has 0 fully saturated rings. The van der Waals surface area contributed by atoms with Gasteiger partial charge < -0.3 is 4.57 Å². The summed E-state index contributed by atoms with van der Waals surface area (Å²) in [6.07, 6.45) is 2.22. The predicted molar refractivity (Wildman–Crippen MR) is 69.8 cm³/mol. The van der Waals surface area contributed by atoms with Crippen LogP contribution in [-0.4, -0.2) is 4.57 Å². The summed E-state index contributed by atoms with van der Waals surface area (Å²) < 4.78 is 2.33. The molecular weight excluding hydrogens is 202 g/mol. The molecule has 1 nitrogen and oxygen atoms in total. The van der Waals surface area contributed by atoms with Crippen LogP contribution in [0.15, 0.2) is 24.4 Å². The van der Waals surface area contributed by atoms with Gasteiger partial charge in [-0.25, -0.2) is 0 Å². The van der Waals surface area contributed by atoms with Gasteiger partial charge in [0.05, 0.1) is 0 Å². The molecule has 80 valence electrons. The molecule has 1 aromatic carbocycles. The van der Waals surface area contributed by atoms with Crippen molar-refractivity contribution < 1.29 is 0 Å². The topological polar surface area (TPSA) is 4.93 Å². The first-order chi connectivity index (χ1) is 7.13. The summed E-state index contributed by atoms with van der Waals surface area (Å²) in [5.41, 5.74) is 3.96. The van der Waals surface area contributed by atoms with E-state index in [0.29, 0.717) is 6.04 Å². The van der Waals surface area contributed by atoms with Gasteiger partial charge in [-0.05, 0) is 38.0 Å². The molecule has 0 saturated heterocycles. The lowest BCUT2D eigenvalue weighted by Crippen LogP contribution is -1.97. The van der Waals surface area contributed by atoms with E-state index in [1.807, 2.05) is 0 Å². The summed E-state index contributed by atoms with van der Waals surface area (Å²) in [6, 6.07) is 7.13. The zero-order chi connectivity index (χ0) is 11.0. The highest BCUT2D eigenvalue weighted by Crippen LogP contribution is 2.26. The highest BCUT2D eigenvalue weighted by atomic mass is 32.1. The van der Waals surface area contributed by atoms with E-state index in [4.69, 9.17) is 0 Å². The SMILES string of the molecule is Cc1ccc2c(CS)cn(C(C)C)c2c1. The fraction of sp³-hybridized carbons (Fsp3) is 0.385. The Morgan fingerprint density at radius 3 is 2.67 bits per heavy atom. The molecule has 2 aromatic rings. The fourth-order valence-corrected chi connectivity index (χ4v) is 2.24. The summed E-state index contributed by atoms with van der Waals surface area (Å²) in [5.74, 6) is 0.805. The highest BCUT2D eigenvalue weighted by molar-refractivity contribution is 7.79. The molecule has 0 spiro atoms. The van der Waals surface area contributed by atoms with Crippen LogP contribution in [0.1, 0.15) is 31.0 Å². The van der Waals surface area contributed by atoms with Crippen LogP contribution in [-0.2, 0) is 5.75 Å². The van der Waals surface area contributed by atoms with Gasteiger partial charge in [0, 0.05) is 28.9 Å². The van der Waals surface area contributed by atoms with Crippen molar-refractivity contribution in [2.75, 3.05) is 0 Å². The number of fused-ring (bicyclic) bond motifs is 1. The van der Waals surface area contributed by atoms with Crippen LogP contribution >= 0.6 is 12.6 Å². The van der Waals surface area contributed by atoms with Gasteiger partial charge in [-0.3, -0.25) is 0 Å². The lowest BCUT2D eigenvalue weighted by Gasteiger charge is -2.09. The maximum absolute atomic E-state index is 4.38. The zero-order valence-corrected chi connectivity index (χ0v) is 10.4. The third-order valence-electron chi connectivity index (χ3n) is 2.80. The Balaban J connectivity index is 2.76. The summed E-state index contributed by atoms with van der Waals surface area (Å²) in [4.78, 5) is 0. The van der Waals surface area contributed by atoms with Crippen molar-refractivity contribution in [3.05, 3.63) is 35.5 Å². The molecule has 0 N–H and O–H groups in total. The maximum Gasteiger partial charge on any atom is 0.0488 e. The van der Waals surface area contributed by atoms with Gasteiger partial charge in [-0.1, -0.05) is 12.1 Å². The molecule has 0 radical (unpaired) electrons. The lowest BCUT2D eigenvalue weighted by molar-refractivity contribution is 0.621. The van der Waals surface area contributed by atoms with Crippen molar-refractivity contribution in [1.29, 1.82) is 0 Å². The average Bonchev–Trinajstić information content (AvgIpc) is 2.55. The Morgan fingerprint density at radius 1 is 1.33 bits per heavy atom. The Bertz CT molecular complexity index is 482. The first-order valence-electron chi connectivity index (χ1n) is 5.34. The molecule has 1 aromatic heterocycles. The summed E-state index contributed by atoms with van der Waals surface area (Å²) in [7, 11) is 0. The van der Waals surface area contributed by atoms with Crippen LogP contribution in [0.3, 0.4) is 0 Å². The minimum absolute atomic E-state index is 0.503. The number of hydrogen-bond donors (Lipinski definition) is 1. The van der Waals surface area contributed by atoms with Crippen LogP contribution < -0.4 is 0 Å². The number of nitrogens with zero attached hydrogens (tertiary/aromatic N) is 1. The van der Waals surface area contributed by atoms with E-state index in [0.717, 1.165) is 5.75 Å². The van der Waals surface area contributed by atoms with E-state index in [1.54, 1.807) is 0 Å². The fourth-order valence-electron chi connectivity index (χ4n) is 1.99. The number of aryl methyl sites for hydroxylation is 1. The van der Waals surface area contributed by atoms with Gasteiger partial charge in [0.1, 0.15) is 0 Å². The van der Waals surface area contributed by atoms with Crippen molar-refractivity contribution in [3.8, 4) is 0 Å². The van der Waals surface area contributed by atoms with Crippen LogP contribution in [0.25, 0.3) is 10.9 Å². The second kappa shape index (κ2) is 3.93. The summed E-state index contributed by atoms with van der Waals surface area (Å²) >= 11 is 4.38. The van der Waals surface area contributed by atoms with Crippen molar-refractivity contribution in [2.45, 2.75) is 32.6 Å². The van der Waals surface area contributed by atoms with Gasteiger partial charge in [0.15, 0.2) is 0 Å². The average molecular weight is 219 g/mol. The standard InChI is InChI=1S/C13H17NS/c1-9(2)14-7-11(8-15)12-5-4-10(3)6-13(12)14/h4-7,9,15H,8H2,1-3H3. The molecule has 0 aliphatic heterocycles. The van der Waals surface area contributed by atoms with Gasteiger partial charge in [-0.15, -0.1) is 0 Å². The second-order valence-electron chi connectivity index (χ2n) is 4.33. The zero-order valence-electron chi connectivity index (χ0n) is 9.49. The normalized spacial score (nSPS) is 11.5. The maximum atomic E-state index is 4.38. The molecule has 15 heavy (non-hydrogen) atoms. The minimum Gasteiger partial charge on any atom is -0.345 e. The van der Waals surface area contributed by atoms with E-state index >= 15 is 0 Å². The summed E-state index contributed by atoms with van der Waals surface area (Å²) in [6.45, 7) is 6.56. The molecule has 2 rings (SSSR count). The molecule has 0 unspecified atom stereocenters. The van der Waals surface area contributed by atoms with Crippen molar-refractivity contribution in [3.63, 3.8) is 0 Å². The van der Waals surface area contributed by atoms with Crippen LogP contribution in [0.4, 0.5) is 0 Å². The van der Waals surface area contributed by atoms with E-state index < -0.39 is 0 Å². The van der Waals surface area contributed by atoms with Crippen molar-refractivity contribution in [1.82, 2.24) is 4.57 Å². The lowest BCUT2D eigenvalue weighted by atomic mass is 10.1. The number of hydrogen-bond acceptors (Lipinski definition) is 1. The van der Waals surface area contributed by atoms with Gasteiger partial charge in [-0.2, -0.15) is 12.6 Å². The van der Waals surface area contributed by atoms with E-state index in [-0.39, 0.29) is 0 Å². The van der Waals surface area contributed by atoms with E-state index in [1.165, 1.54) is 22.0 Å². The minimum atomic E-state index is 0.503. The van der Waals surface area contributed by atoms with Crippen molar-refractivity contribution >= 4 is 23.5 Å². The second-order valence-corrected chi connectivity index (χ2v) is 4.65. The van der Waals surface area contributed by atoms with E-state index in [9.17, 15) is 0 Å². The van der Waals surface area contributed by atoms with Crippen LogP contribution in [0.2, 0.25) is 0 Å². The Labute approximate surface area is 96.5 Å².